The summed E-state index contributed by atoms with van der Waals surface area (Å²) >= 11 is 0. The zero-order chi connectivity index (χ0) is 11.6. The van der Waals surface area contributed by atoms with E-state index in [1.807, 2.05) is 17.7 Å². The monoisotopic (exact) mass is 223 g/mol. The number of aliphatic hydroxyl groups is 1. The van der Waals surface area contributed by atoms with Crippen LogP contribution >= 0.6 is 0 Å². The quantitative estimate of drug-likeness (QED) is 0.763. The van der Waals surface area contributed by atoms with E-state index >= 15 is 0 Å². The Hall–Kier alpha value is -0.870. The van der Waals surface area contributed by atoms with E-state index < -0.39 is 5.60 Å². The first-order valence-corrected chi connectivity index (χ1v) is 6.11. The lowest BCUT2D eigenvalue weighted by atomic mass is 10.0. The third-order valence-electron chi connectivity index (χ3n) is 3.02. The van der Waals surface area contributed by atoms with Gasteiger partial charge in [-0.05, 0) is 32.3 Å². The predicted octanol–water partition coefficient (Wildman–Crippen LogP) is 1.25. The molecule has 1 aliphatic rings. The van der Waals surface area contributed by atoms with Gasteiger partial charge in [0, 0.05) is 25.3 Å². The molecule has 2 N–H and O–H groups in total. The average molecular weight is 223 g/mol. The van der Waals surface area contributed by atoms with E-state index in [2.05, 4.69) is 17.3 Å². The van der Waals surface area contributed by atoms with Gasteiger partial charge in [-0.25, -0.2) is 0 Å². The highest BCUT2D eigenvalue weighted by atomic mass is 16.3. The molecular weight excluding hydrogens is 202 g/mol. The fourth-order valence-electron chi connectivity index (χ4n) is 1.90. The van der Waals surface area contributed by atoms with Gasteiger partial charge < -0.3 is 10.4 Å². The van der Waals surface area contributed by atoms with Gasteiger partial charge in [0.15, 0.2) is 0 Å². The van der Waals surface area contributed by atoms with E-state index in [1.165, 1.54) is 12.8 Å². The van der Waals surface area contributed by atoms with Crippen molar-refractivity contribution < 1.29 is 5.11 Å². The molecule has 1 aromatic heterocycles. The molecule has 1 heterocycles. The molecule has 1 atom stereocenters. The molecule has 0 aliphatic heterocycles. The normalized spacial score (nSPS) is 19.7. The van der Waals surface area contributed by atoms with Crippen molar-refractivity contribution in [3.63, 3.8) is 0 Å². The van der Waals surface area contributed by atoms with Crippen LogP contribution in [0.15, 0.2) is 12.3 Å². The van der Waals surface area contributed by atoms with E-state index in [1.54, 1.807) is 6.20 Å². The number of aryl methyl sites for hydroxylation is 1. The van der Waals surface area contributed by atoms with Gasteiger partial charge >= 0.3 is 0 Å². The highest BCUT2D eigenvalue weighted by Gasteiger charge is 2.30. The van der Waals surface area contributed by atoms with Gasteiger partial charge in [0.2, 0.25) is 0 Å². The van der Waals surface area contributed by atoms with Crippen molar-refractivity contribution in [2.24, 2.45) is 0 Å². The Balaban J connectivity index is 2.03. The first kappa shape index (κ1) is 11.6. The predicted molar refractivity (Wildman–Crippen MR) is 63.1 cm³/mol. The summed E-state index contributed by atoms with van der Waals surface area (Å²) in [4.78, 5) is 0. The van der Waals surface area contributed by atoms with Crippen LogP contribution in [-0.4, -0.2) is 27.5 Å². The number of nitrogens with one attached hydrogen (secondary N) is 1. The third-order valence-corrected chi connectivity index (χ3v) is 3.02. The SMILES string of the molecule is CCCn1nccc1C(C)(O)CNC1CC1. The first-order chi connectivity index (χ1) is 7.63. The maximum atomic E-state index is 10.4. The van der Waals surface area contributed by atoms with Crippen LogP contribution in [0.4, 0.5) is 0 Å². The summed E-state index contributed by atoms with van der Waals surface area (Å²) in [6.07, 6.45) is 5.27. The maximum Gasteiger partial charge on any atom is 0.116 e. The second-order valence-electron chi connectivity index (χ2n) is 4.87. The van der Waals surface area contributed by atoms with Gasteiger partial charge in [0.1, 0.15) is 5.60 Å². The van der Waals surface area contributed by atoms with Gasteiger partial charge in [-0.2, -0.15) is 5.10 Å². The summed E-state index contributed by atoms with van der Waals surface area (Å²) in [6, 6.07) is 2.53. The van der Waals surface area contributed by atoms with E-state index in [4.69, 9.17) is 0 Å². The van der Waals surface area contributed by atoms with Gasteiger partial charge in [-0.1, -0.05) is 6.92 Å². The van der Waals surface area contributed by atoms with Crippen molar-refractivity contribution in [3.8, 4) is 0 Å². The molecule has 0 spiro atoms. The van der Waals surface area contributed by atoms with Crippen molar-refractivity contribution in [2.45, 2.75) is 51.3 Å². The number of nitrogens with zero attached hydrogens (tertiary/aromatic N) is 2. The van der Waals surface area contributed by atoms with E-state index in [-0.39, 0.29) is 0 Å². The Labute approximate surface area is 96.7 Å². The van der Waals surface area contributed by atoms with Crippen molar-refractivity contribution in [3.05, 3.63) is 18.0 Å². The zero-order valence-corrected chi connectivity index (χ0v) is 10.1. The van der Waals surface area contributed by atoms with Crippen LogP contribution in [0.1, 0.15) is 38.8 Å². The molecule has 1 unspecified atom stereocenters. The smallest absolute Gasteiger partial charge is 0.116 e. The summed E-state index contributed by atoms with van der Waals surface area (Å²) < 4.78 is 1.90. The number of aromatic nitrogens is 2. The first-order valence-electron chi connectivity index (χ1n) is 6.11. The molecule has 1 aliphatic carbocycles. The molecule has 0 saturated heterocycles. The molecule has 0 bridgehead atoms. The number of rotatable bonds is 6. The van der Waals surface area contributed by atoms with Crippen LogP contribution in [0.5, 0.6) is 0 Å². The molecule has 16 heavy (non-hydrogen) atoms. The largest absolute Gasteiger partial charge is 0.383 e. The molecule has 4 nitrogen and oxygen atoms in total. The Morgan fingerprint density at radius 3 is 3.00 bits per heavy atom. The molecule has 2 rings (SSSR count). The minimum atomic E-state index is -0.825. The minimum Gasteiger partial charge on any atom is -0.383 e. The Bertz CT molecular complexity index is 342. The molecule has 0 aromatic carbocycles. The van der Waals surface area contributed by atoms with E-state index in [0.717, 1.165) is 18.7 Å². The standard InChI is InChI=1S/C12H21N3O/c1-3-8-15-11(6-7-14-15)12(2,16)9-13-10-4-5-10/h6-7,10,13,16H,3-5,8-9H2,1-2H3. The van der Waals surface area contributed by atoms with Gasteiger partial charge in [0.05, 0.1) is 5.69 Å². The van der Waals surface area contributed by atoms with Crippen molar-refractivity contribution in [1.29, 1.82) is 0 Å². The minimum absolute atomic E-state index is 0.604. The van der Waals surface area contributed by atoms with Crippen molar-refractivity contribution in [1.82, 2.24) is 15.1 Å². The molecule has 90 valence electrons. The molecule has 1 aromatic rings. The fraction of sp³-hybridized carbons (Fsp3) is 0.750. The molecule has 0 amide bonds. The molecular formula is C12H21N3O. The van der Waals surface area contributed by atoms with E-state index in [0.29, 0.717) is 12.6 Å². The maximum absolute atomic E-state index is 10.4. The molecule has 1 saturated carbocycles. The summed E-state index contributed by atoms with van der Waals surface area (Å²) in [5, 5.41) is 18.0. The number of hydrogen-bond donors (Lipinski definition) is 2. The highest BCUT2D eigenvalue weighted by Crippen LogP contribution is 2.23. The van der Waals surface area contributed by atoms with Crippen LogP contribution in [0.3, 0.4) is 0 Å². The lowest BCUT2D eigenvalue weighted by Crippen LogP contribution is -2.38. The van der Waals surface area contributed by atoms with Crippen LogP contribution in [0.25, 0.3) is 0 Å². The summed E-state index contributed by atoms with van der Waals surface area (Å²) in [5.74, 6) is 0. The summed E-state index contributed by atoms with van der Waals surface area (Å²) in [6.45, 7) is 5.43. The Morgan fingerprint density at radius 2 is 2.38 bits per heavy atom. The van der Waals surface area contributed by atoms with Crippen LogP contribution in [-0.2, 0) is 12.1 Å². The average Bonchev–Trinajstić information content (AvgIpc) is 2.95. The zero-order valence-electron chi connectivity index (χ0n) is 10.1. The van der Waals surface area contributed by atoms with Gasteiger partial charge in [-0.15, -0.1) is 0 Å². The third kappa shape index (κ3) is 2.62. The summed E-state index contributed by atoms with van der Waals surface area (Å²) in [7, 11) is 0. The van der Waals surface area contributed by atoms with Crippen LogP contribution < -0.4 is 5.32 Å². The second-order valence-corrected chi connectivity index (χ2v) is 4.87. The highest BCUT2D eigenvalue weighted by molar-refractivity contribution is 5.11. The van der Waals surface area contributed by atoms with Gasteiger partial charge in [0.25, 0.3) is 0 Å². The fourth-order valence-corrected chi connectivity index (χ4v) is 1.90. The Kier molecular flexibility index (Phi) is 3.30. The van der Waals surface area contributed by atoms with Crippen LogP contribution in [0, 0.1) is 0 Å². The topological polar surface area (TPSA) is 50.1 Å². The summed E-state index contributed by atoms with van der Waals surface area (Å²) in [5.41, 5.74) is 0.0800. The number of hydrogen-bond acceptors (Lipinski definition) is 3. The molecule has 4 heteroatoms. The molecule has 0 radical (unpaired) electrons. The lowest BCUT2D eigenvalue weighted by molar-refractivity contribution is 0.0469. The van der Waals surface area contributed by atoms with E-state index in [9.17, 15) is 5.11 Å². The van der Waals surface area contributed by atoms with Crippen LogP contribution in [0.2, 0.25) is 0 Å². The second kappa shape index (κ2) is 4.55. The Morgan fingerprint density at radius 1 is 1.62 bits per heavy atom. The van der Waals surface area contributed by atoms with Gasteiger partial charge in [-0.3, -0.25) is 4.68 Å². The lowest BCUT2D eigenvalue weighted by Gasteiger charge is -2.24. The molecule has 1 fully saturated rings. The van der Waals surface area contributed by atoms with Crippen molar-refractivity contribution in [2.75, 3.05) is 6.54 Å². The van der Waals surface area contributed by atoms with Crippen molar-refractivity contribution >= 4 is 0 Å².